The number of phenolic OH excluding ortho intramolecular Hbond substituents is 2. The molecule has 4 unspecified atom stereocenters. The first-order valence-corrected chi connectivity index (χ1v) is 19.1. The van der Waals surface area contributed by atoms with E-state index in [-0.39, 0.29) is 65.1 Å². The van der Waals surface area contributed by atoms with Gasteiger partial charge in [-0.1, -0.05) is 57.2 Å². The van der Waals surface area contributed by atoms with Gasteiger partial charge in [0.2, 0.25) is 23.6 Å². The molecular formula is C43H49N9O7. The first-order chi connectivity index (χ1) is 27.9. The Balaban J connectivity index is 1.47. The van der Waals surface area contributed by atoms with E-state index in [1.807, 2.05) is 30.3 Å². The number of nitrogens with zero attached hydrogens (tertiary/aromatic N) is 4. The Kier molecular flexibility index (Phi) is 13.3. The molecule has 59 heavy (non-hydrogen) atoms. The number of nitriles is 1. The summed E-state index contributed by atoms with van der Waals surface area (Å²) >= 11 is 0. The molecule has 0 spiro atoms. The molecule has 16 nitrogen and oxygen atoms in total. The number of carbonyl (C=O) groups is 5. The predicted octanol–water partition coefficient (Wildman–Crippen LogP) is 2.66. The molecule has 5 rings (SSSR count). The highest BCUT2D eigenvalue weighted by molar-refractivity contribution is 6.00. The normalized spacial score (nSPS) is 17.3. The number of aromatic nitrogens is 2. The maximum absolute atomic E-state index is 14.4. The molecule has 1 aliphatic heterocycles. The van der Waals surface area contributed by atoms with Crippen molar-refractivity contribution in [3.8, 4) is 40.1 Å². The summed E-state index contributed by atoms with van der Waals surface area (Å²) < 4.78 is 0. The second-order valence-corrected chi connectivity index (χ2v) is 15.5. The molecule has 0 saturated heterocycles. The number of phenols is 2. The highest BCUT2D eigenvalue weighted by atomic mass is 16.3. The number of benzene rings is 3. The smallest absolute Gasteiger partial charge is 0.255 e. The van der Waals surface area contributed by atoms with E-state index in [0.717, 1.165) is 16.0 Å². The van der Waals surface area contributed by atoms with Crippen LogP contribution in [0.5, 0.6) is 11.5 Å². The monoisotopic (exact) mass is 803 g/mol. The predicted molar refractivity (Wildman–Crippen MR) is 218 cm³/mol. The van der Waals surface area contributed by atoms with Crippen molar-refractivity contribution in [3.05, 3.63) is 94.8 Å². The van der Waals surface area contributed by atoms with E-state index in [9.17, 15) is 34.2 Å². The Labute approximate surface area is 342 Å². The van der Waals surface area contributed by atoms with E-state index in [2.05, 4.69) is 52.0 Å². The summed E-state index contributed by atoms with van der Waals surface area (Å²) in [7, 11) is 1.35. The SMILES string of the molecule is Cc1nc(-c2ccc(C(C)(C)C)cc2)ncc1C(=O)NC(CCN)C(=O)N(C)C1C(=O)NC(C)C(=O)NC(C(=O)NCC#N)Cc2ccc(O)c(c2)-c2cc1ccc2O. The van der Waals surface area contributed by atoms with Gasteiger partial charge in [-0.15, -0.1) is 0 Å². The second kappa shape index (κ2) is 18.2. The van der Waals surface area contributed by atoms with Crippen molar-refractivity contribution in [1.29, 1.82) is 5.26 Å². The average molecular weight is 804 g/mol. The maximum atomic E-state index is 14.4. The fourth-order valence-corrected chi connectivity index (χ4v) is 6.75. The molecule has 16 heteroatoms. The van der Waals surface area contributed by atoms with Gasteiger partial charge in [0.05, 0.1) is 17.3 Å². The third-order valence-corrected chi connectivity index (χ3v) is 10.1. The van der Waals surface area contributed by atoms with Crippen LogP contribution in [0.4, 0.5) is 0 Å². The number of amides is 5. The standard InChI is InChI=1S/C43H49N9O7/c1-23-31(22-47-37(48-23)26-8-11-28(12-9-26)43(3,4)5)39(56)50-32(15-16-44)42(59)52(6)36-27-10-14-35(54)30(21-27)29-19-25(7-13-34(29)53)20-33(40(57)46-18-17-45)51-38(55)24(2)49-41(36)58/h7-14,19,21-22,24,32-33,36,53-54H,15-16,18,20,44H2,1-6H3,(H,46,57)(H,49,58)(H,50,56)(H,51,55). The van der Waals surface area contributed by atoms with E-state index < -0.39 is 53.7 Å². The molecule has 0 fully saturated rings. The average Bonchev–Trinajstić information content (AvgIpc) is 3.19. The number of aryl methyl sites for hydroxylation is 1. The molecule has 0 saturated carbocycles. The van der Waals surface area contributed by atoms with E-state index in [0.29, 0.717) is 17.1 Å². The summed E-state index contributed by atoms with van der Waals surface area (Å²) in [5.41, 5.74) is 9.21. The van der Waals surface area contributed by atoms with Gasteiger partial charge >= 0.3 is 0 Å². The number of nitrogens with two attached hydrogens (primary N) is 1. The third kappa shape index (κ3) is 10.00. The van der Waals surface area contributed by atoms with Gasteiger partial charge in [0.15, 0.2) is 5.82 Å². The highest BCUT2D eigenvalue weighted by Gasteiger charge is 2.36. The lowest BCUT2D eigenvalue weighted by Crippen LogP contribution is -2.56. The van der Waals surface area contributed by atoms with Crippen LogP contribution < -0.4 is 27.0 Å². The number of nitrogens with one attached hydrogen (secondary N) is 4. The van der Waals surface area contributed by atoms with Crippen LogP contribution in [0.1, 0.15) is 72.9 Å². The van der Waals surface area contributed by atoms with E-state index in [1.54, 1.807) is 13.0 Å². The molecule has 4 atom stereocenters. The van der Waals surface area contributed by atoms with E-state index >= 15 is 0 Å². The van der Waals surface area contributed by atoms with Crippen LogP contribution >= 0.6 is 0 Å². The Bertz CT molecular complexity index is 2300. The zero-order chi connectivity index (χ0) is 43.2. The first kappa shape index (κ1) is 43.3. The van der Waals surface area contributed by atoms with Crippen molar-refractivity contribution in [3.63, 3.8) is 0 Å². The Morgan fingerprint density at radius 2 is 1.66 bits per heavy atom. The van der Waals surface area contributed by atoms with Crippen molar-refractivity contribution in [1.82, 2.24) is 36.1 Å². The fourth-order valence-electron chi connectivity index (χ4n) is 6.75. The summed E-state index contributed by atoms with van der Waals surface area (Å²) in [4.78, 5) is 78.9. The van der Waals surface area contributed by atoms with Crippen molar-refractivity contribution >= 4 is 29.5 Å². The lowest BCUT2D eigenvalue weighted by Gasteiger charge is -2.32. The molecule has 1 aliphatic rings. The molecule has 0 radical (unpaired) electrons. The Hall–Kier alpha value is -6.86. The Morgan fingerprint density at radius 1 is 1.00 bits per heavy atom. The Morgan fingerprint density at radius 3 is 2.29 bits per heavy atom. The van der Waals surface area contributed by atoms with Crippen LogP contribution in [0, 0.1) is 18.3 Å². The zero-order valence-corrected chi connectivity index (χ0v) is 33.8. The van der Waals surface area contributed by atoms with Crippen LogP contribution in [0.15, 0.2) is 66.9 Å². The minimum atomic E-state index is -1.45. The van der Waals surface area contributed by atoms with Crippen molar-refractivity contribution in [2.75, 3.05) is 20.1 Å². The number of fused-ring (bicyclic) bond motifs is 5. The van der Waals surface area contributed by atoms with Gasteiger partial charge in [-0.3, -0.25) is 24.0 Å². The van der Waals surface area contributed by atoms with E-state index in [4.69, 9.17) is 11.0 Å². The highest BCUT2D eigenvalue weighted by Crippen LogP contribution is 2.39. The van der Waals surface area contributed by atoms with E-state index in [1.165, 1.54) is 50.5 Å². The number of aromatic hydroxyl groups is 2. The van der Waals surface area contributed by atoms with Gasteiger partial charge < -0.3 is 42.1 Å². The van der Waals surface area contributed by atoms with Crippen LogP contribution in [-0.2, 0) is 31.0 Å². The summed E-state index contributed by atoms with van der Waals surface area (Å²) in [6.45, 7) is 9.07. The van der Waals surface area contributed by atoms with Crippen LogP contribution in [-0.4, -0.2) is 92.9 Å². The zero-order valence-electron chi connectivity index (χ0n) is 33.8. The number of hydrogen-bond acceptors (Lipinski definition) is 11. The molecule has 2 heterocycles. The molecular weight excluding hydrogens is 755 g/mol. The molecule has 5 amide bonds. The lowest BCUT2D eigenvalue weighted by molar-refractivity contribution is -0.141. The largest absolute Gasteiger partial charge is 0.507 e. The summed E-state index contributed by atoms with van der Waals surface area (Å²) in [5, 5.41) is 41.4. The minimum Gasteiger partial charge on any atom is -0.507 e. The topological polar surface area (TPSA) is 253 Å². The molecule has 0 aliphatic carbocycles. The maximum Gasteiger partial charge on any atom is 0.255 e. The van der Waals surface area contributed by atoms with Crippen molar-refractivity contribution in [2.24, 2.45) is 5.73 Å². The molecule has 308 valence electrons. The summed E-state index contributed by atoms with van der Waals surface area (Å²) in [6.07, 6.45) is 1.31. The minimum absolute atomic E-state index is 0.0142. The van der Waals surface area contributed by atoms with Gasteiger partial charge in [-0.2, -0.15) is 5.26 Å². The molecule has 8 N–H and O–H groups in total. The molecule has 3 aromatic carbocycles. The van der Waals surface area contributed by atoms with Gasteiger partial charge in [0, 0.05) is 36.4 Å². The van der Waals surface area contributed by atoms with Crippen molar-refractivity contribution in [2.45, 2.75) is 77.0 Å². The fraction of sp³-hybridized carbons (Fsp3) is 0.349. The third-order valence-electron chi connectivity index (χ3n) is 10.1. The lowest BCUT2D eigenvalue weighted by atomic mass is 9.87. The quantitative estimate of drug-likeness (QED) is 0.121. The number of carbonyl (C=O) groups excluding carboxylic acids is 5. The van der Waals surface area contributed by atoms with Crippen molar-refractivity contribution < 1.29 is 34.2 Å². The molecule has 1 aromatic heterocycles. The van der Waals surface area contributed by atoms with Gasteiger partial charge in [-0.25, -0.2) is 9.97 Å². The summed E-state index contributed by atoms with van der Waals surface area (Å²) in [6, 6.07) is 13.2. The summed E-state index contributed by atoms with van der Waals surface area (Å²) in [5.74, 6) is -3.63. The second-order valence-electron chi connectivity index (χ2n) is 15.5. The van der Waals surface area contributed by atoms with Crippen LogP contribution in [0.25, 0.3) is 22.5 Å². The molecule has 4 bridgehead atoms. The van der Waals surface area contributed by atoms with Gasteiger partial charge in [0.1, 0.15) is 42.2 Å². The van der Waals surface area contributed by atoms with Gasteiger partial charge in [0.25, 0.3) is 5.91 Å². The van der Waals surface area contributed by atoms with Crippen LogP contribution in [0.2, 0.25) is 0 Å². The molecule has 4 aromatic rings. The first-order valence-electron chi connectivity index (χ1n) is 19.1. The number of hydrogen-bond donors (Lipinski definition) is 7. The van der Waals surface area contributed by atoms with Crippen LogP contribution in [0.3, 0.4) is 0 Å². The number of likely N-dealkylation sites (N-methyl/N-ethyl adjacent to an activating group) is 1. The number of rotatable bonds is 9. The van der Waals surface area contributed by atoms with Gasteiger partial charge in [-0.05, 0) is 73.2 Å².